The van der Waals surface area contributed by atoms with Crippen LogP contribution < -0.4 is 5.32 Å². The fourth-order valence-corrected chi connectivity index (χ4v) is 0.704. The lowest BCUT2D eigenvalue weighted by Crippen LogP contribution is -2.31. The highest BCUT2D eigenvalue weighted by Gasteiger charge is 2.03. The fourth-order valence-electron chi connectivity index (χ4n) is 0.704. The zero-order valence-corrected chi connectivity index (χ0v) is 7.42. The lowest BCUT2D eigenvalue weighted by Gasteiger charge is -2.08. The van der Waals surface area contributed by atoms with Crippen LogP contribution in [0.4, 0.5) is 0 Å². The van der Waals surface area contributed by atoms with E-state index in [1.165, 1.54) is 0 Å². The highest BCUT2D eigenvalue weighted by atomic mass is 16.3. The predicted molar refractivity (Wildman–Crippen MR) is 45.6 cm³/mol. The van der Waals surface area contributed by atoms with Crippen LogP contribution in [0.3, 0.4) is 0 Å². The average Bonchev–Trinajstić information content (AvgIpc) is 2.10. The molecule has 0 saturated carbocycles. The molecule has 1 atom stereocenters. The van der Waals surface area contributed by atoms with E-state index in [9.17, 15) is 4.79 Å². The third-order valence-electron chi connectivity index (χ3n) is 1.57. The normalized spacial score (nSPS) is 12.6. The minimum atomic E-state index is -0.455. The Balaban J connectivity index is 3.31. The first kappa shape index (κ1) is 11.4. The third kappa shape index (κ3) is 6.12. The van der Waals surface area contributed by atoms with E-state index in [0.717, 1.165) is 0 Å². The Morgan fingerprint density at radius 1 is 1.58 bits per heavy atom. The summed E-state index contributed by atoms with van der Waals surface area (Å²) in [7, 11) is 0. The topological polar surface area (TPSA) is 69.6 Å². The maximum absolute atomic E-state index is 10.9. The molecule has 4 nitrogen and oxygen atoms in total. The smallest absolute Gasteiger partial charge is 0.220 e. The van der Waals surface area contributed by atoms with E-state index in [0.29, 0.717) is 25.8 Å². The molecular weight excluding hydrogens is 158 g/mol. The molecule has 0 fully saturated rings. The first-order valence-corrected chi connectivity index (χ1v) is 4.26. The van der Waals surface area contributed by atoms with Crippen molar-refractivity contribution >= 4 is 5.91 Å². The van der Waals surface area contributed by atoms with E-state index in [2.05, 4.69) is 5.32 Å². The van der Waals surface area contributed by atoms with E-state index in [1.807, 2.05) is 6.92 Å². The predicted octanol–water partition coefficient (Wildman–Crippen LogP) is -0.354. The number of aliphatic hydroxyl groups excluding tert-OH is 2. The van der Waals surface area contributed by atoms with Gasteiger partial charge in [0.05, 0.1) is 6.10 Å². The maximum Gasteiger partial charge on any atom is 0.220 e. The molecule has 0 aliphatic rings. The summed E-state index contributed by atoms with van der Waals surface area (Å²) in [5.41, 5.74) is 0. The summed E-state index contributed by atoms with van der Waals surface area (Å²) >= 11 is 0. The largest absolute Gasteiger partial charge is 0.396 e. The minimum absolute atomic E-state index is 0.0315. The van der Waals surface area contributed by atoms with Crippen LogP contribution in [-0.2, 0) is 4.79 Å². The van der Waals surface area contributed by atoms with Gasteiger partial charge < -0.3 is 15.5 Å². The number of hydrogen-bond acceptors (Lipinski definition) is 3. The van der Waals surface area contributed by atoms with Crippen LogP contribution in [0.25, 0.3) is 0 Å². The van der Waals surface area contributed by atoms with E-state index < -0.39 is 6.10 Å². The Morgan fingerprint density at radius 3 is 2.75 bits per heavy atom. The summed E-state index contributed by atoms with van der Waals surface area (Å²) in [4.78, 5) is 10.9. The molecule has 0 aliphatic heterocycles. The number of nitrogens with one attached hydrogen (secondary N) is 1. The molecule has 72 valence electrons. The summed E-state index contributed by atoms with van der Waals surface area (Å²) in [5.74, 6) is -0.114. The van der Waals surface area contributed by atoms with Crippen molar-refractivity contribution in [2.75, 3.05) is 13.2 Å². The zero-order chi connectivity index (χ0) is 9.40. The molecule has 0 aromatic carbocycles. The van der Waals surface area contributed by atoms with Crippen LogP contribution in [-0.4, -0.2) is 35.4 Å². The molecule has 0 rings (SSSR count). The SMILES string of the molecule is CCC(O)CNC(=O)CCCO. The summed E-state index contributed by atoms with van der Waals surface area (Å²) in [6.07, 6.45) is 0.990. The second-order valence-corrected chi connectivity index (χ2v) is 2.69. The van der Waals surface area contributed by atoms with Crippen LogP contribution in [0.1, 0.15) is 26.2 Å². The van der Waals surface area contributed by atoms with Gasteiger partial charge in [-0.1, -0.05) is 6.92 Å². The van der Waals surface area contributed by atoms with Crippen molar-refractivity contribution in [3.63, 3.8) is 0 Å². The second kappa shape index (κ2) is 7.06. The minimum Gasteiger partial charge on any atom is -0.396 e. The van der Waals surface area contributed by atoms with Crippen molar-refractivity contribution in [3.05, 3.63) is 0 Å². The van der Waals surface area contributed by atoms with Crippen molar-refractivity contribution in [2.24, 2.45) is 0 Å². The van der Waals surface area contributed by atoms with Crippen molar-refractivity contribution in [1.82, 2.24) is 5.32 Å². The first-order chi connectivity index (χ1) is 5.70. The quantitative estimate of drug-likeness (QED) is 0.516. The number of carbonyl (C=O) groups is 1. The van der Waals surface area contributed by atoms with Gasteiger partial charge >= 0.3 is 0 Å². The van der Waals surface area contributed by atoms with Gasteiger partial charge in [-0.05, 0) is 12.8 Å². The molecule has 0 aromatic rings. The number of rotatable bonds is 6. The standard InChI is InChI=1S/C8H17NO3/c1-2-7(11)6-9-8(12)4-3-5-10/h7,10-11H,2-6H2,1H3,(H,9,12). The van der Waals surface area contributed by atoms with Crippen molar-refractivity contribution < 1.29 is 15.0 Å². The van der Waals surface area contributed by atoms with Gasteiger partial charge in [0.25, 0.3) is 0 Å². The number of aliphatic hydroxyl groups is 2. The maximum atomic E-state index is 10.9. The van der Waals surface area contributed by atoms with Gasteiger partial charge in [0.15, 0.2) is 0 Å². The molecule has 1 amide bonds. The molecule has 0 aliphatic carbocycles. The van der Waals surface area contributed by atoms with E-state index in [4.69, 9.17) is 10.2 Å². The van der Waals surface area contributed by atoms with E-state index in [-0.39, 0.29) is 12.5 Å². The Bertz CT molecular complexity index is 127. The highest BCUT2D eigenvalue weighted by molar-refractivity contribution is 5.75. The third-order valence-corrected chi connectivity index (χ3v) is 1.57. The van der Waals surface area contributed by atoms with E-state index >= 15 is 0 Å². The molecule has 0 radical (unpaired) electrons. The van der Waals surface area contributed by atoms with Crippen LogP contribution in [0.2, 0.25) is 0 Å². The van der Waals surface area contributed by atoms with Crippen molar-refractivity contribution in [3.8, 4) is 0 Å². The molecule has 0 saturated heterocycles. The van der Waals surface area contributed by atoms with Gasteiger partial charge in [-0.2, -0.15) is 0 Å². The van der Waals surface area contributed by atoms with Crippen LogP contribution >= 0.6 is 0 Å². The monoisotopic (exact) mass is 175 g/mol. The van der Waals surface area contributed by atoms with Gasteiger partial charge in [-0.3, -0.25) is 4.79 Å². The van der Waals surface area contributed by atoms with Gasteiger partial charge in [0, 0.05) is 19.6 Å². The first-order valence-electron chi connectivity index (χ1n) is 4.26. The molecule has 0 bridgehead atoms. The Kier molecular flexibility index (Phi) is 6.70. The average molecular weight is 175 g/mol. The Hall–Kier alpha value is -0.610. The number of hydrogen-bond donors (Lipinski definition) is 3. The summed E-state index contributed by atoms with van der Waals surface area (Å²) < 4.78 is 0. The molecule has 4 heteroatoms. The van der Waals surface area contributed by atoms with E-state index in [1.54, 1.807) is 0 Å². The molecule has 0 heterocycles. The van der Waals surface area contributed by atoms with Gasteiger partial charge in [-0.15, -0.1) is 0 Å². The zero-order valence-electron chi connectivity index (χ0n) is 7.42. The lowest BCUT2D eigenvalue weighted by molar-refractivity contribution is -0.121. The van der Waals surface area contributed by atoms with Gasteiger partial charge in [0.2, 0.25) is 5.91 Å². The Morgan fingerprint density at radius 2 is 2.25 bits per heavy atom. The van der Waals surface area contributed by atoms with Crippen molar-refractivity contribution in [2.45, 2.75) is 32.3 Å². The molecule has 1 unspecified atom stereocenters. The molecule has 3 N–H and O–H groups in total. The highest BCUT2D eigenvalue weighted by Crippen LogP contribution is 1.89. The van der Waals surface area contributed by atoms with Crippen LogP contribution in [0.15, 0.2) is 0 Å². The van der Waals surface area contributed by atoms with Crippen molar-refractivity contribution in [1.29, 1.82) is 0 Å². The number of amides is 1. The van der Waals surface area contributed by atoms with Crippen LogP contribution in [0, 0.1) is 0 Å². The van der Waals surface area contributed by atoms with Gasteiger partial charge in [0.1, 0.15) is 0 Å². The fraction of sp³-hybridized carbons (Fsp3) is 0.875. The van der Waals surface area contributed by atoms with Crippen LogP contribution in [0.5, 0.6) is 0 Å². The summed E-state index contributed by atoms with van der Waals surface area (Å²) in [6, 6.07) is 0. The lowest BCUT2D eigenvalue weighted by atomic mass is 10.2. The molecule has 12 heavy (non-hydrogen) atoms. The molecular formula is C8H17NO3. The number of carbonyl (C=O) groups excluding carboxylic acids is 1. The Labute approximate surface area is 72.6 Å². The summed E-state index contributed by atoms with van der Waals surface area (Å²) in [6.45, 7) is 2.19. The molecule has 0 spiro atoms. The second-order valence-electron chi connectivity index (χ2n) is 2.69. The summed E-state index contributed by atoms with van der Waals surface area (Å²) in [5, 5.41) is 20.0. The van der Waals surface area contributed by atoms with Gasteiger partial charge in [-0.25, -0.2) is 0 Å². The molecule has 0 aromatic heterocycles.